The third-order valence-corrected chi connectivity index (χ3v) is 3.03. The molecule has 0 saturated heterocycles. The molecule has 0 saturated carbocycles. The topological polar surface area (TPSA) is 55.5 Å². The molecule has 19 heavy (non-hydrogen) atoms. The second-order valence-electron chi connectivity index (χ2n) is 4.52. The predicted octanol–water partition coefficient (Wildman–Crippen LogP) is 2.78. The van der Waals surface area contributed by atoms with Gasteiger partial charge in [0.15, 0.2) is 0 Å². The summed E-state index contributed by atoms with van der Waals surface area (Å²) in [6.45, 7) is 2.71. The molecule has 0 aliphatic heterocycles. The molecule has 3 nitrogen and oxygen atoms in total. The van der Waals surface area contributed by atoms with Gasteiger partial charge in [0.1, 0.15) is 11.5 Å². The minimum Gasteiger partial charge on any atom is -0.457 e. The number of aryl methyl sites for hydroxylation is 1. The van der Waals surface area contributed by atoms with Crippen molar-refractivity contribution in [3.05, 3.63) is 59.2 Å². The minimum absolute atomic E-state index is 0.167. The lowest BCUT2D eigenvalue weighted by Crippen LogP contribution is -1.97. The van der Waals surface area contributed by atoms with Gasteiger partial charge < -0.3 is 15.6 Å². The van der Waals surface area contributed by atoms with E-state index in [1.807, 2.05) is 49.4 Å². The van der Waals surface area contributed by atoms with Crippen LogP contribution in [0.2, 0.25) is 0 Å². The van der Waals surface area contributed by atoms with Gasteiger partial charge in [0, 0.05) is 13.2 Å². The Kier molecular flexibility index (Phi) is 4.55. The van der Waals surface area contributed by atoms with Crippen molar-refractivity contribution in [2.75, 3.05) is 6.61 Å². The van der Waals surface area contributed by atoms with Crippen LogP contribution in [0.25, 0.3) is 0 Å². The molecule has 100 valence electrons. The minimum atomic E-state index is 0.167. The third kappa shape index (κ3) is 3.56. The van der Waals surface area contributed by atoms with Crippen LogP contribution < -0.4 is 10.5 Å². The first-order chi connectivity index (χ1) is 9.22. The van der Waals surface area contributed by atoms with E-state index in [-0.39, 0.29) is 6.61 Å². The van der Waals surface area contributed by atoms with Crippen LogP contribution in [0, 0.1) is 6.92 Å². The summed E-state index contributed by atoms with van der Waals surface area (Å²) in [6, 6.07) is 13.7. The van der Waals surface area contributed by atoms with Gasteiger partial charge in [-0.25, -0.2) is 0 Å². The Morgan fingerprint density at radius 2 is 1.74 bits per heavy atom. The first-order valence-electron chi connectivity index (χ1n) is 6.40. The van der Waals surface area contributed by atoms with Crippen LogP contribution in [0.5, 0.6) is 11.5 Å². The summed E-state index contributed by atoms with van der Waals surface area (Å²) in [5.74, 6) is 1.64. The van der Waals surface area contributed by atoms with E-state index in [1.54, 1.807) is 0 Å². The van der Waals surface area contributed by atoms with E-state index in [0.29, 0.717) is 13.0 Å². The molecule has 0 amide bonds. The third-order valence-electron chi connectivity index (χ3n) is 3.03. The van der Waals surface area contributed by atoms with Crippen molar-refractivity contribution in [3.8, 4) is 11.5 Å². The molecule has 0 aliphatic carbocycles. The van der Waals surface area contributed by atoms with Gasteiger partial charge in [-0.15, -0.1) is 0 Å². The molecular formula is C16H19NO2. The zero-order valence-electron chi connectivity index (χ0n) is 11.1. The average molecular weight is 257 g/mol. The van der Waals surface area contributed by atoms with Crippen molar-refractivity contribution in [2.45, 2.75) is 19.9 Å². The quantitative estimate of drug-likeness (QED) is 0.866. The van der Waals surface area contributed by atoms with Crippen molar-refractivity contribution in [3.63, 3.8) is 0 Å². The molecular weight excluding hydrogens is 238 g/mol. The first kappa shape index (κ1) is 13.6. The zero-order valence-corrected chi connectivity index (χ0v) is 11.1. The standard InChI is InChI=1S/C16H19NO2/c1-12-10-14(11-17)4-7-16(12)19-15-5-2-13(3-6-15)8-9-18/h2-7,10,18H,8-9,11,17H2,1H3. The summed E-state index contributed by atoms with van der Waals surface area (Å²) in [7, 11) is 0. The monoisotopic (exact) mass is 257 g/mol. The molecule has 2 rings (SSSR count). The molecule has 0 heterocycles. The van der Waals surface area contributed by atoms with E-state index in [1.165, 1.54) is 0 Å². The van der Waals surface area contributed by atoms with Crippen molar-refractivity contribution in [1.29, 1.82) is 0 Å². The maximum Gasteiger partial charge on any atom is 0.130 e. The summed E-state index contributed by atoms with van der Waals surface area (Å²) in [4.78, 5) is 0. The summed E-state index contributed by atoms with van der Waals surface area (Å²) in [6.07, 6.45) is 0.671. The smallest absolute Gasteiger partial charge is 0.130 e. The van der Waals surface area contributed by atoms with Crippen molar-refractivity contribution in [2.24, 2.45) is 5.73 Å². The molecule has 0 unspecified atom stereocenters. The van der Waals surface area contributed by atoms with Crippen LogP contribution in [-0.2, 0) is 13.0 Å². The molecule has 3 N–H and O–H groups in total. The maximum atomic E-state index is 8.87. The van der Waals surface area contributed by atoms with Crippen LogP contribution in [0.3, 0.4) is 0 Å². The molecule has 2 aromatic rings. The second-order valence-corrected chi connectivity index (χ2v) is 4.52. The van der Waals surface area contributed by atoms with E-state index in [0.717, 1.165) is 28.2 Å². The maximum absolute atomic E-state index is 8.87. The fraction of sp³-hybridized carbons (Fsp3) is 0.250. The highest BCUT2D eigenvalue weighted by Gasteiger charge is 2.02. The number of nitrogens with two attached hydrogens (primary N) is 1. The van der Waals surface area contributed by atoms with Crippen LogP contribution in [0.15, 0.2) is 42.5 Å². The second kappa shape index (κ2) is 6.36. The lowest BCUT2D eigenvalue weighted by atomic mass is 10.1. The number of hydrogen-bond donors (Lipinski definition) is 2. The number of benzene rings is 2. The Morgan fingerprint density at radius 1 is 1.05 bits per heavy atom. The predicted molar refractivity (Wildman–Crippen MR) is 76.4 cm³/mol. The highest BCUT2D eigenvalue weighted by molar-refractivity contribution is 5.40. The molecule has 0 atom stereocenters. The van der Waals surface area contributed by atoms with E-state index >= 15 is 0 Å². The molecule has 2 aromatic carbocycles. The summed E-state index contributed by atoms with van der Waals surface area (Å²) >= 11 is 0. The number of rotatable bonds is 5. The molecule has 0 spiro atoms. The highest BCUT2D eigenvalue weighted by atomic mass is 16.5. The van der Waals surface area contributed by atoms with E-state index in [2.05, 4.69) is 0 Å². The van der Waals surface area contributed by atoms with Crippen molar-refractivity contribution >= 4 is 0 Å². The van der Waals surface area contributed by atoms with Gasteiger partial charge in [-0.05, 0) is 48.2 Å². The number of hydrogen-bond acceptors (Lipinski definition) is 3. The van der Waals surface area contributed by atoms with Gasteiger partial charge in [0.05, 0.1) is 0 Å². The lowest BCUT2D eigenvalue weighted by Gasteiger charge is -2.10. The van der Waals surface area contributed by atoms with Gasteiger partial charge in [-0.1, -0.05) is 24.3 Å². The number of aliphatic hydroxyl groups is 1. The van der Waals surface area contributed by atoms with Crippen LogP contribution in [-0.4, -0.2) is 11.7 Å². The van der Waals surface area contributed by atoms with E-state index < -0.39 is 0 Å². The normalized spacial score (nSPS) is 10.5. The van der Waals surface area contributed by atoms with Gasteiger partial charge in [-0.3, -0.25) is 0 Å². The fourth-order valence-corrected chi connectivity index (χ4v) is 1.93. The Hall–Kier alpha value is -1.84. The molecule has 0 aliphatic rings. The first-order valence-corrected chi connectivity index (χ1v) is 6.40. The van der Waals surface area contributed by atoms with Gasteiger partial charge >= 0.3 is 0 Å². The Labute approximate surface area is 113 Å². The molecule has 3 heteroatoms. The molecule has 0 aromatic heterocycles. The highest BCUT2D eigenvalue weighted by Crippen LogP contribution is 2.26. The van der Waals surface area contributed by atoms with Gasteiger partial charge in [-0.2, -0.15) is 0 Å². The number of ether oxygens (including phenoxy) is 1. The Morgan fingerprint density at radius 3 is 2.32 bits per heavy atom. The Bertz CT molecular complexity index is 535. The number of aliphatic hydroxyl groups excluding tert-OH is 1. The van der Waals surface area contributed by atoms with Crippen molar-refractivity contribution < 1.29 is 9.84 Å². The summed E-state index contributed by atoms with van der Waals surface area (Å²) in [5, 5.41) is 8.87. The summed E-state index contributed by atoms with van der Waals surface area (Å²) in [5.41, 5.74) is 8.88. The van der Waals surface area contributed by atoms with Crippen LogP contribution in [0.1, 0.15) is 16.7 Å². The SMILES string of the molecule is Cc1cc(CN)ccc1Oc1ccc(CCO)cc1. The van der Waals surface area contributed by atoms with Crippen molar-refractivity contribution in [1.82, 2.24) is 0 Å². The largest absolute Gasteiger partial charge is 0.457 e. The van der Waals surface area contributed by atoms with Crippen LogP contribution in [0.4, 0.5) is 0 Å². The fourth-order valence-electron chi connectivity index (χ4n) is 1.93. The Balaban J connectivity index is 2.12. The molecule has 0 radical (unpaired) electrons. The summed E-state index contributed by atoms with van der Waals surface area (Å²) < 4.78 is 5.84. The zero-order chi connectivity index (χ0) is 13.7. The average Bonchev–Trinajstić information content (AvgIpc) is 2.43. The van der Waals surface area contributed by atoms with E-state index in [9.17, 15) is 0 Å². The van der Waals surface area contributed by atoms with Gasteiger partial charge in [0.25, 0.3) is 0 Å². The van der Waals surface area contributed by atoms with Crippen LogP contribution >= 0.6 is 0 Å². The molecule has 0 fully saturated rings. The van der Waals surface area contributed by atoms with Gasteiger partial charge in [0.2, 0.25) is 0 Å². The lowest BCUT2D eigenvalue weighted by molar-refractivity contribution is 0.299. The molecule has 0 bridgehead atoms. The van der Waals surface area contributed by atoms with E-state index in [4.69, 9.17) is 15.6 Å².